The zero-order valence-corrected chi connectivity index (χ0v) is 20.5. The minimum absolute atomic E-state index is 0.115. The Balaban J connectivity index is 1.64. The van der Waals surface area contributed by atoms with E-state index in [9.17, 15) is 10.0 Å². The van der Waals surface area contributed by atoms with Crippen molar-refractivity contribution in [3.05, 3.63) is 94.5 Å². The lowest BCUT2D eigenvalue weighted by atomic mass is 9.98. The van der Waals surface area contributed by atoms with Gasteiger partial charge in [0.25, 0.3) is 0 Å². The maximum atomic E-state index is 10.8. The summed E-state index contributed by atoms with van der Waals surface area (Å²) in [6, 6.07) is 21.3. The van der Waals surface area contributed by atoms with Crippen molar-refractivity contribution in [2.24, 2.45) is 5.16 Å². The van der Waals surface area contributed by atoms with Crippen LogP contribution in [-0.4, -0.2) is 34.7 Å². The fourth-order valence-corrected chi connectivity index (χ4v) is 3.85. The lowest BCUT2D eigenvalue weighted by molar-refractivity contribution is -0.136. The van der Waals surface area contributed by atoms with Gasteiger partial charge in [-0.3, -0.25) is 4.79 Å². The number of rotatable bonds is 12. The Kier molecular flexibility index (Phi) is 9.30. The molecule has 3 rings (SSSR count). The van der Waals surface area contributed by atoms with E-state index in [1.807, 2.05) is 80.6 Å². The van der Waals surface area contributed by atoms with Crippen molar-refractivity contribution in [3.8, 4) is 11.5 Å². The average molecular weight is 476 g/mol. The van der Waals surface area contributed by atoms with Crippen molar-refractivity contribution in [3.63, 3.8) is 0 Å². The Bertz CT molecular complexity index is 1160. The molecule has 184 valence electrons. The molecule has 0 spiro atoms. The third-order valence-corrected chi connectivity index (χ3v) is 5.90. The maximum Gasteiger partial charge on any atom is 0.303 e. The van der Waals surface area contributed by atoms with Crippen molar-refractivity contribution < 1.29 is 24.6 Å². The summed E-state index contributed by atoms with van der Waals surface area (Å²) in [5.41, 5.74) is 5.19. The van der Waals surface area contributed by atoms with Crippen LogP contribution in [0.25, 0.3) is 0 Å². The molecule has 0 aliphatic carbocycles. The highest BCUT2D eigenvalue weighted by Gasteiger charge is 2.17. The van der Waals surface area contributed by atoms with Gasteiger partial charge in [-0.05, 0) is 67.6 Å². The van der Waals surface area contributed by atoms with Crippen LogP contribution < -0.4 is 9.47 Å². The molecule has 3 aromatic carbocycles. The van der Waals surface area contributed by atoms with E-state index in [0.717, 1.165) is 40.0 Å². The highest BCUT2D eigenvalue weighted by atomic mass is 16.5. The number of carboxylic acid groups (broad SMARTS) is 1. The van der Waals surface area contributed by atoms with Crippen molar-refractivity contribution in [2.45, 2.75) is 52.6 Å². The summed E-state index contributed by atoms with van der Waals surface area (Å²) in [7, 11) is 0. The SMILES string of the molecule is CCc1ccc(OC(C)CCOc2ccc(CCC(=O)O)c(C)c2)c(C(=NO)c2ccccc2)c1. The highest BCUT2D eigenvalue weighted by molar-refractivity contribution is 6.14. The molecule has 0 aromatic heterocycles. The first-order valence-corrected chi connectivity index (χ1v) is 11.9. The molecule has 0 bridgehead atoms. The van der Waals surface area contributed by atoms with Crippen LogP contribution in [0.5, 0.6) is 11.5 Å². The van der Waals surface area contributed by atoms with Gasteiger partial charge in [0.05, 0.1) is 12.7 Å². The molecule has 0 aliphatic heterocycles. The second-order valence-electron chi connectivity index (χ2n) is 8.55. The molecule has 6 nitrogen and oxygen atoms in total. The van der Waals surface area contributed by atoms with Gasteiger partial charge in [-0.25, -0.2) is 0 Å². The molecule has 0 aliphatic rings. The van der Waals surface area contributed by atoms with Crippen LogP contribution in [0.4, 0.5) is 0 Å². The van der Waals surface area contributed by atoms with Gasteiger partial charge < -0.3 is 19.8 Å². The number of hydrogen-bond donors (Lipinski definition) is 2. The predicted molar refractivity (Wildman–Crippen MR) is 137 cm³/mol. The molecule has 2 N–H and O–H groups in total. The number of carboxylic acids is 1. The molecule has 0 fully saturated rings. The average Bonchev–Trinajstić information content (AvgIpc) is 2.85. The summed E-state index contributed by atoms with van der Waals surface area (Å²) in [6.07, 6.45) is 2.01. The first kappa shape index (κ1) is 25.8. The largest absolute Gasteiger partial charge is 0.493 e. The minimum Gasteiger partial charge on any atom is -0.493 e. The number of benzene rings is 3. The van der Waals surface area contributed by atoms with Crippen LogP contribution in [-0.2, 0) is 17.6 Å². The van der Waals surface area contributed by atoms with E-state index in [0.29, 0.717) is 30.9 Å². The van der Waals surface area contributed by atoms with Gasteiger partial charge in [-0.2, -0.15) is 0 Å². The number of aliphatic carboxylic acids is 1. The number of nitrogens with zero attached hydrogens (tertiary/aromatic N) is 1. The van der Waals surface area contributed by atoms with Gasteiger partial charge in [0, 0.05) is 24.0 Å². The zero-order valence-electron chi connectivity index (χ0n) is 20.5. The zero-order chi connectivity index (χ0) is 25.2. The summed E-state index contributed by atoms with van der Waals surface area (Å²) >= 11 is 0. The van der Waals surface area contributed by atoms with E-state index in [2.05, 4.69) is 12.1 Å². The Labute approximate surface area is 206 Å². The minimum atomic E-state index is -0.799. The van der Waals surface area contributed by atoms with E-state index in [1.54, 1.807) is 0 Å². The van der Waals surface area contributed by atoms with Gasteiger partial charge in [0.2, 0.25) is 0 Å². The van der Waals surface area contributed by atoms with E-state index in [-0.39, 0.29) is 12.5 Å². The van der Waals surface area contributed by atoms with E-state index < -0.39 is 5.97 Å². The van der Waals surface area contributed by atoms with E-state index >= 15 is 0 Å². The Morgan fingerprint density at radius 2 is 1.83 bits per heavy atom. The number of aryl methyl sites for hydroxylation is 3. The van der Waals surface area contributed by atoms with E-state index in [1.165, 1.54) is 0 Å². The van der Waals surface area contributed by atoms with Crippen LogP contribution in [0.15, 0.2) is 71.9 Å². The second-order valence-corrected chi connectivity index (χ2v) is 8.55. The molecule has 0 radical (unpaired) electrons. The summed E-state index contributed by atoms with van der Waals surface area (Å²) in [4.78, 5) is 10.8. The van der Waals surface area contributed by atoms with Gasteiger partial charge in [-0.1, -0.05) is 54.5 Å². The molecular weight excluding hydrogens is 442 g/mol. The summed E-state index contributed by atoms with van der Waals surface area (Å²) in [5, 5.41) is 22.3. The number of ether oxygens (including phenoxy) is 2. The third-order valence-electron chi connectivity index (χ3n) is 5.90. The molecular formula is C29H33NO5. The summed E-state index contributed by atoms with van der Waals surface area (Å²) < 4.78 is 12.2. The second kappa shape index (κ2) is 12.6. The Morgan fingerprint density at radius 1 is 1.06 bits per heavy atom. The molecule has 1 atom stereocenters. The summed E-state index contributed by atoms with van der Waals surface area (Å²) in [5.74, 6) is 0.609. The van der Waals surface area contributed by atoms with Crippen LogP contribution in [0.1, 0.15) is 54.5 Å². The third kappa shape index (κ3) is 7.34. The molecule has 1 unspecified atom stereocenters. The molecule has 0 saturated carbocycles. The maximum absolute atomic E-state index is 10.8. The lowest BCUT2D eigenvalue weighted by Crippen LogP contribution is -2.18. The topological polar surface area (TPSA) is 88.4 Å². The quantitative estimate of drug-likeness (QED) is 0.189. The fourth-order valence-electron chi connectivity index (χ4n) is 3.85. The fraction of sp³-hybridized carbons (Fsp3) is 0.310. The molecule has 0 heterocycles. The van der Waals surface area contributed by atoms with Crippen molar-refractivity contribution in [1.82, 2.24) is 0 Å². The van der Waals surface area contributed by atoms with Crippen LogP contribution in [0, 0.1) is 6.92 Å². The van der Waals surface area contributed by atoms with Gasteiger partial charge in [0.1, 0.15) is 17.2 Å². The highest BCUT2D eigenvalue weighted by Crippen LogP contribution is 2.26. The molecule has 35 heavy (non-hydrogen) atoms. The van der Waals surface area contributed by atoms with Crippen molar-refractivity contribution in [2.75, 3.05) is 6.61 Å². The number of hydrogen-bond acceptors (Lipinski definition) is 5. The first-order chi connectivity index (χ1) is 16.9. The van der Waals surface area contributed by atoms with Crippen LogP contribution in [0.2, 0.25) is 0 Å². The molecule has 3 aromatic rings. The van der Waals surface area contributed by atoms with Crippen LogP contribution in [0.3, 0.4) is 0 Å². The normalized spacial score (nSPS) is 12.3. The smallest absolute Gasteiger partial charge is 0.303 e. The standard InChI is InChI=1S/C29H33NO5/c1-4-22-10-14-27(26(19-22)29(30-33)24-8-6-5-7-9-24)35-21(3)16-17-34-25-13-11-23(20(2)18-25)12-15-28(31)32/h5-11,13-14,18-19,21,33H,4,12,15-17H2,1-3H3,(H,31,32). The molecule has 0 amide bonds. The number of oxime groups is 1. The van der Waals surface area contributed by atoms with Gasteiger partial charge in [-0.15, -0.1) is 0 Å². The van der Waals surface area contributed by atoms with Crippen molar-refractivity contribution in [1.29, 1.82) is 0 Å². The van der Waals surface area contributed by atoms with Gasteiger partial charge >= 0.3 is 5.97 Å². The first-order valence-electron chi connectivity index (χ1n) is 11.9. The van der Waals surface area contributed by atoms with Gasteiger partial charge in [0.15, 0.2) is 0 Å². The molecule has 0 saturated heterocycles. The predicted octanol–water partition coefficient (Wildman–Crippen LogP) is 6.04. The molecule has 6 heteroatoms. The Hall–Kier alpha value is -3.80. The Morgan fingerprint density at radius 3 is 2.49 bits per heavy atom. The monoisotopic (exact) mass is 475 g/mol. The lowest BCUT2D eigenvalue weighted by Gasteiger charge is -2.19. The van der Waals surface area contributed by atoms with Crippen molar-refractivity contribution >= 4 is 11.7 Å². The number of carbonyl (C=O) groups is 1. The van der Waals surface area contributed by atoms with E-state index in [4.69, 9.17) is 14.6 Å². The van der Waals surface area contributed by atoms with Crippen LogP contribution >= 0.6 is 0 Å². The summed E-state index contributed by atoms with van der Waals surface area (Å²) in [6.45, 7) is 6.50.